The number of carbonyl (C=O) groups excluding carboxylic acids is 9. The highest BCUT2D eigenvalue weighted by atomic mass is 16.4. The monoisotopic (exact) mass is 1160 g/mol. The van der Waals surface area contributed by atoms with Gasteiger partial charge in [-0.3, -0.25) is 43.2 Å². The number of carbonyl (C=O) groups is 10. The van der Waals surface area contributed by atoms with E-state index in [0.29, 0.717) is 44.1 Å². The van der Waals surface area contributed by atoms with E-state index in [2.05, 4.69) is 37.2 Å². The molecule has 0 aliphatic carbocycles. The van der Waals surface area contributed by atoms with Crippen molar-refractivity contribution in [2.24, 2.45) is 40.9 Å². The van der Waals surface area contributed by atoms with Crippen LogP contribution in [0.3, 0.4) is 0 Å². The lowest BCUT2D eigenvalue weighted by molar-refractivity contribution is -0.144. The second-order valence-electron chi connectivity index (χ2n) is 23.6. The van der Waals surface area contributed by atoms with Gasteiger partial charge in [0, 0.05) is 25.9 Å². The highest BCUT2D eigenvalue weighted by Crippen LogP contribution is 2.23. The standard InChI is InChI=1S/C60H94N12O11/c1-35(2)31-41(63)51(73)67-45(33-39-19-11-9-12-20-39)58(80)71-29-17-25-47(71)54(76)69-49(37(5)6)56(78)64-42(23-15-27-61)52(74)66-44(32-36(3)4)53(75)68-46(34-40-21-13-10-14-22-40)59(81)72-30-18-26-48(72)55(77)70-50(38(7)8)57(79)65-43(60(82)83)24-16-28-62/h9-14,19-22,35-38,41-50H,15-18,23-34,61-63H2,1-8H3,(H,64,78)(H,65,79)(H,66,74)(H,67,73)(H,68,75)(H,69,76)(H,70,77)(H,82,83)/t41-,42-,43-,44-,45+,46+,47-,48-,49-,50-/m0/s1. The molecule has 9 amide bonds. The number of carboxylic acids is 1. The fourth-order valence-corrected chi connectivity index (χ4v) is 10.5. The van der Waals surface area contributed by atoms with Crippen molar-refractivity contribution in [1.82, 2.24) is 47.0 Å². The maximum absolute atomic E-state index is 14.8. The third kappa shape index (κ3) is 21.3. The van der Waals surface area contributed by atoms with Crippen molar-refractivity contribution in [3.05, 3.63) is 71.8 Å². The quantitative estimate of drug-likeness (QED) is 0.0478. The van der Waals surface area contributed by atoms with Gasteiger partial charge in [-0.05, 0) is 112 Å². The Hall–Kier alpha value is -6.98. The average molecular weight is 1160 g/mol. The smallest absolute Gasteiger partial charge is 0.326 e. The van der Waals surface area contributed by atoms with E-state index in [1.54, 1.807) is 58.0 Å². The van der Waals surface area contributed by atoms with Gasteiger partial charge in [0.25, 0.3) is 0 Å². The molecule has 4 rings (SSSR count). The van der Waals surface area contributed by atoms with E-state index in [0.717, 1.165) is 5.56 Å². The molecule has 23 heteroatoms. The molecule has 2 saturated heterocycles. The zero-order valence-corrected chi connectivity index (χ0v) is 49.8. The van der Waals surface area contributed by atoms with E-state index in [1.165, 1.54) is 9.80 Å². The number of amides is 9. The van der Waals surface area contributed by atoms with Crippen LogP contribution in [0.15, 0.2) is 60.7 Å². The third-order valence-corrected chi connectivity index (χ3v) is 15.0. The molecule has 2 aromatic carbocycles. The number of nitrogens with one attached hydrogen (secondary N) is 7. The number of carboxylic acid groups (broad SMARTS) is 1. The number of aliphatic carboxylic acids is 1. The van der Waals surface area contributed by atoms with Crippen LogP contribution in [0.4, 0.5) is 0 Å². The molecular weight excluding hydrogens is 1060 g/mol. The van der Waals surface area contributed by atoms with Gasteiger partial charge in [-0.1, -0.05) is 116 Å². The van der Waals surface area contributed by atoms with Gasteiger partial charge in [-0.15, -0.1) is 0 Å². The minimum absolute atomic E-state index is 0.0112. The van der Waals surface area contributed by atoms with E-state index in [9.17, 15) is 53.1 Å². The molecule has 0 aromatic heterocycles. The van der Waals surface area contributed by atoms with Gasteiger partial charge < -0.3 is 69.3 Å². The Kier molecular flexibility index (Phi) is 28.0. The maximum Gasteiger partial charge on any atom is 0.326 e. The molecule has 2 heterocycles. The molecule has 2 aliphatic heterocycles. The van der Waals surface area contributed by atoms with Crippen LogP contribution in [0.2, 0.25) is 0 Å². The van der Waals surface area contributed by atoms with Crippen LogP contribution in [-0.4, -0.2) is 161 Å². The molecule has 2 aromatic rings. The zero-order chi connectivity index (χ0) is 61.5. The number of hydrogen-bond donors (Lipinski definition) is 11. The summed E-state index contributed by atoms with van der Waals surface area (Å²) in [6.07, 6.45) is 2.93. The second-order valence-corrected chi connectivity index (χ2v) is 23.6. The molecule has 0 unspecified atom stereocenters. The molecule has 2 fully saturated rings. The van der Waals surface area contributed by atoms with Crippen molar-refractivity contribution in [3.63, 3.8) is 0 Å². The van der Waals surface area contributed by atoms with Gasteiger partial charge in [-0.2, -0.15) is 0 Å². The number of benzene rings is 2. The molecule has 0 radical (unpaired) electrons. The Morgan fingerprint density at radius 2 is 0.867 bits per heavy atom. The Balaban J connectivity index is 1.53. The Labute approximate surface area is 489 Å². The maximum atomic E-state index is 14.8. The normalized spacial score (nSPS) is 18.1. The number of rotatable bonds is 33. The number of nitrogens with zero attached hydrogens (tertiary/aromatic N) is 2. The van der Waals surface area contributed by atoms with Gasteiger partial charge in [0.1, 0.15) is 54.4 Å². The summed E-state index contributed by atoms with van der Waals surface area (Å²) < 4.78 is 0. The van der Waals surface area contributed by atoms with Gasteiger partial charge >= 0.3 is 5.97 Å². The first-order valence-corrected chi connectivity index (χ1v) is 29.6. The van der Waals surface area contributed by atoms with E-state index in [1.807, 2.05) is 58.0 Å². The Morgan fingerprint density at radius 3 is 1.27 bits per heavy atom. The molecule has 460 valence electrons. The minimum Gasteiger partial charge on any atom is -0.480 e. The van der Waals surface area contributed by atoms with Crippen molar-refractivity contribution >= 4 is 59.1 Å². The van der Waals surface area contributed by atoms with Crippen LogP contribution >= 0.6 is 0 Å². The average Bonchev–Trinajstić information content (AvgIpc) is 4.34. The molecule has 14 N–H and O–H groups in total. The van der Waals surface area contributed by atoms with Crippen LogP contribution in [0.1, 0.15) is 131 Å². The van der Waals surface area contributed by atoms with E-state index >= 15 is 0 Å². The van der Waals surface area contributed by atoms with Crippen molar-refractivity contribution in [1.29, 1.82) is 0 Å². The number of nitrogens with two attached hydrogens (primary N) is 3. The SMILES string of the molecule is CC(C)C[C@H](NC(=O)[C@H](CCCN)NC(=O)[C@@H](NC(=O)[C@@H]1CCCN1C(=O)[C@@H](Cc1ccccc1)NC(=O)[C@@H](N)CC(C)C)C(C)C)C(=O)N[C@H](Cc1ccccc1)C(=O)N1CCC[C@H]1C(=O)N[C@H](C(=O)N[C@@H](CCCN)C(=O)O)C(C)C. The van der Waals surface area contributed by atoms with Crippen molar-refractivity contribution in [2.45, 2.75) is 193 Å². The van der Waals surface area contributed by atoms with Crippen molar-refractivity contribution in [3.8, 4) is 0 Å². The van der Waals surface area contributed by atoms with Gasteiger partial charge in [0.05, 0.1) is 6.04 Å². The number of hydrogen-bond acceptors (Lipinski definition) is 13. The summed E-state index contributed by atoms with van der Waals surface area (Å²) in [6.45, 7) is 15.2. The first-order chi connectivity index (χ1) is 39.4. The summed E-state index contributed by atoms with van der Waals surface area (Å²) in [5.41, 5.74) is 19.2. The summed E-state index contributed by atoms with van der Waals surface area (Å²) in [5, 5.41) is 29.2. The fraction of sp³-hybridized carbons (Fsp3) is 0.633. The minimum atomic E-state index is -1.24. The van der Waals surface area contributed by atoms with E-state index in [-0.39, 0.29) is 76.5 Å². The van der Waals surface area contributed by atoms with Gasteiger partial charge in [0.2, 0.25) is 53.2 Å². The summed E-state index contributed by atoms with van der Waals surface area (Å²) in [5.74, 6) is -7.78. The topological polar surface area (TPSA) is 360 Å². The summed E-state index contributed by atoms with van der Waals surface area (Å²) in [7, 11) is 0. The summed E-state index contributed by atoms with van der Waals surface area (Å²) in [6, 6.07) is 6.98. The summed E-state index contributed by atoms with van der Waals surface area (Å²) in [4.78, 5) is 142. The first kappa shape index (κ1) is 68.5. The molecule has 0 spiro atoms. The van der Waals surface area contributed by atoms with Crippen LogP contribution in [0.5, 0.6) is 0 Å². The molecule has 23 nitrogen and oxygen atoms in total. The molecule has 2 aliphatic rings. The zero-order valence-electron chi connectivity index (χ0n) is 49.8. The van der Waals surface area contributed by atoms with Crippen LogP contribution in [0.25, 0.3) is 0 Å². The molecule has 0 saturated carbocycles. The highest BCUT2D eigenvalue weighted by Gasteiger charge is 2.43. The fourth-order valence-electron chi connectivity index (χ4n) is 10.5. The lowest BCUT2D eigenvalue weighted by Crippen LogP contribution is -2.61. The molecule has 0 bridgehead atoms. The first-order valence-electron chi connectivity index (χ1n) is 29.6. The molecule has 10 atom stereocenters. The molecular formula is C60H94N12O11. The van der Waals surface area contributed by atoms with Crippen LogP contribution in [-0.2, 0) is 60.8 Å². The third-order valence-electron chi connectivity index (χ3n) is 15.0. The van der Waals surface area contributed by atoms with E-state index < -0.39 is 131 Å². The molecule has 83 heavy (non-hydrogen) atoms. The summed E-state index contributed by atoms with van der Waals surface area (Å²) >= 11 is 0. The highest BCUT2D eigenvalue weighted by molar-refractivity contribution is 5.99. The Bertz CT molecular complexity index is 2480. The lowest BCUT2D eigenvalue weighted by Gasteiger charge is -2.32. The van der Waals surface area contributed by atoms with Gasteiger partial charge in [0.15, 0.2) is 0 Å². The van der Waals surface area contributed by atoms with Crippen molar-refractivity contribution < 1.29 is 53.1 Å². The van der Waals surface area contributed by atoms with Crippen LogP contribution < -0.4 is 54.4 Å². The van der Waals surface area contributed by atoms with E-state index in [4.69, 9.17) is 17.2 Å². The lowest BCUT2D eigenvalue weighted by atomic mass is 9.99. The van der Waals surface area contributed by atoms with Crippen molar-refractivity contribution in [2.75, 3.05) is 26.2 Å². The largest absolute Gasteiger partial charge is 0.480 e. The number of likely N-dealkylation sites (tertiary alicyclic amines) is 2. The van der Waals surface area contributed by atoms with Gasteiger partial charge in [-0.25, -0.2) is 4.79 Å². The predicted molar refractivity (Wildman–Crippen MR) is 314 cm³/mol. The predicted octanol–water partition coefficient (Wildman–Crippen LogP) is 1.14. The van der Waals surface area contributed by atoms with Crippen LogP contribution in [0, 0.1) is 23.7 Å². The Morgan fingerprint density at radius 1 is 0.494 bits per heavy atom. The second kappa shape index (κ2) is 34.0.